The minimum Gasteiger partial charge on any atom is -0.497 e. The van der Waals surface area contributed by atoms with Crippen molar-refractivity contribution in [3.63, 3.8) is 0 Å². The monoisotopic (exact) mass is 273 g/mol. The molecule has 0 spiro atoms. The van der Waals surface area contributed by atoms with Crippen LogP contribution in [-0.2, 0) is 0 Å². The smallest absolute Gasteiger partial charge is 0.118 e. The molecule has 2 aromatic rings. The topological polar surface area (TPSA) is 21.3 Å². The molecule has 0 heterocycles. The highest BCUT2D eigenvalue weighted by Gasteiger charge is 2.11. The molecule has 0 aliphatic rings. The van der Waals surface area contributed by atoms with E-state index in [1.165, 1.54) is 16.0 Å². The SMILES string of the molecule is CNC(c1ccc(OC)cc1)c1ccc(SC)cc1. The van der Waals surface area contributed by atoms with E-state index in [1.807, 2.05) is 19.2 Å². The Morgan fingerprint density at radius 3 is 1.89 bits per heavy atom. The molecule has 2 aromatic carbocycles. The number of thioether (sulfide) groups is 1. The van der Waals surface area contributed by atoms with Crippen molar-refractivity contribution in [2.45, 2.75) is 10.9 Å². The molecule has 100 valence electrons. The average molecular weight is 273 g/mol. The van der Waals surface area contributed by atoms with Gasteiger partial charge in [0, 0.05) is 4.90 Å². The van der Waals surface area contributed by atoms with Crippen LogP contribution >= 0.6 is 11.8 Å². The van der Waals surface area contributed by atoms with Gasteiger partial charge in [0.15, 0.2) is 0 Å². The number of methoxy groups -OCH3 is 1. The Kier molecular flexibility index (Phi) is 4.88. The van der Waals surface area contributed by atoms with Gasteiger partial charge in [-0.3, -0.25) is 0 Å². The largest absolute Gasteiger partial charge is 0.497 e. The van der Waals surface area contributed by atoms with Gasteiger partial charge in [-0.2, -0.15) is 0 Å². The van der Waals surface area contributed by atoms with Crippen LogP contribution in [0, 0.1) is 0 Å². The van der Waals surface area contributed by atoms with Gasteiger partial charge in [0.1, 0.15) is 5.75 Å². The summed E-state index contributed by atoms with van der Waals surface area (Å²) in [7, 11) is 3.67. The van der Waals surface area contributed by atoms with Crippen molar-refractivity contribution in [2.75, 3.05) is 20.4 Å². The molecule has 0 bridgehead atoms. The van der Waals surface area contributed by atoms with Crippen molar-refractivity contribution in [1.29, 1.82) is 0 Å². The van der Waals surface area contributed by atoms with Gasteiger partial charge in [-0.05, 0) is 48.7 Å². The standard InChI is InChI=1S/C16H19NOS/c1-17-16(12-4-8-14(18-2)9-5-12)13-6-10-15(19-3)11-7-13/h4-11,16-17H,1-3H3. The molecule has 0 aliphatic carbocycles. The van der Waals surface area contributed by atoms with E-state index in [2.05, 4.69) is 48.0 Å². The molecule has 0 radical (unpaired) electrons. The maximum absolute atomic E-state index is 5.20. The highest BCUT2D eigenvalue weighted by molar-refractivity contribution is 7.98. The van der Waals surface area contributed by atoms with E-state index in [-0.39, 0.29) is 6.04 Å². The summed E-state index contributed by atoms with van der Waals surface area (Å²) < 4.78 is 5.20. The quantitative estimate of drug-likeness (QED) is 0.839. The zero-order valence-corrected chi connectivity index (χ0v) is 12.3. The van der Waals surface area contributed by atoms with E-state index in [4.69, 9.17) is 4.74 Å². The van der Waals surface area contributed by atoms with E-state index >= 15 is 0 Å². The number of nitrogens with one attached hydrogen (secondary N) is 1. The zero-order chi connectivity index (χ0) is 13.7. The molecule has 0 aromatic heterocycles. The molecule has 19 heavy (non-hydrogen) atoms. The first kappa shape index (κ1) is 14.0. The van der Waals surface area contributed by atoms with Gasteiger partial charge in [0.25, 0.3) is 0 Å². The Labute approximate surface area is 119 Å². The first-order chi connectivity index (χ1) is 9.28. The lowest BCUT2D eigenvalue weighted by atomic mass is 9.99. The Hall–Kier alpha value is -1.45. The molecule has 1 unspecified atom stereocenters. The summed E-state index contributed by atoms with van der Waals surface area (Å²) >= 11 is 1.76. The fourth-order valence-corrected chi connectivity index (χ4v) is 2.53. The van der Waals surface area contributed by atoms with Crippen molar-refractivity contribution in [3.8, 4) is 5.75 Å². The Morgan fingerprint density at radius 2 is 1.47 bits per heavy atom. The van der Waals surface area contributed by atoms with Crippen molar-refractivity contribution in [3.05, 3.63) is 59.7 Å². The fourth-order valence-electron chi connectivity index (χ4n) is 2.12. The highest BCUT2D eigenvalue weighted by atomic mass is 32.2. The van der Waals surface area contributed by atoms with Crippen LogP contribution in [0.3, 0.4) is 0 Å². The fraction of sp³-hybridized carbons (Fsp3) is 0.250. The number of hydrogen-bond acceptors (Lipinski definition) is 3. The van der Waals surface area contributed by atoms with Crippen molar-refractivity contribution in [2.24, 2.45) is 0 Å². The lowest BCUT2D eigenvalue weighted by Gasteiger charge is -2.18. The second-order valence-electron chi connectivity index (χ2n) is 4.27. The third-order valence-corrected chi connectivity index (χ3v) is 3.93. The van der Waals surface area contributed by atoms with E-state index in [9.17, 15) is 0 Å². The van der Waals surface area contributed by atoms with Crippen LogP contribution in [0.1, 0.15) is 17.2 Å². The summed E-state index contributed by atoms with van der Waals surface area (Å²) in [5, 5.41) is 3.36. The van der Waals surface area contributed by atoms with E-state index in [0.717, 1.165) is 5.75 Å². The maximum atomic E-state index is 5.20. The van der Waals surface area contributed by atoms with Crippen LogP contribution < -0.4 is 10.1 Å². The molecule has 1 N–H and O–H groups in total. The molecule has 3 heteroatoms. The summed E-state index contributed by atoms with van der Waals surface area (Å²) in [5.41, 5.74) is 2.51. The first-order valence-electron chi connectivity index (χ1n) is 6.23. The van der Waals surface area contributed by atoms with Gasteiger partial charge in [-0.15, -0.1) is 11.8 Å². The van der Waals surface area contributed by atoms with Crippen molar-refractivity contribution in [1.82, 2.24) is 5.32 Å². The predicted molar refractivity (Wildman–Crippen MR) is 82.1 cm³/mol. The van der Waals surface area contributed by atoms with Gasteiger partial charge < -0.3 is 10.1 Å². The summed E-state index contributed by atoms with van der Waals surface area (Å²) in [6, 6.07) is 17.1. The van der Waals surface area contributed by atoms with Crippen LogP contribution in [0.5, 0.6) is 5.75 Å². The van der Waals surface area contributed by atoms with Crippen LogP contribution in [-0.4, -0.2) is 20.4 Å². The first-order valence-corrected chi connectivity index (χ1v) is 7.46. The summed E-state index contributed by atoms with van der Waals surface area (Å²) in [6.07, 6.45) is 2.09. The van der Waals surface area contributed by atoms with Crippen LogP contribution in [0.2, 0.25) is 0 Å². The zero-order valence-electron chi connectivity index (χ0n) is 11.5. The summed E-state index contributed by atoms with van der Waals surface area (Å²) in [4.78, 5) is 1.29. The molecule has 1 atom stereocenters. The van der Waals surface area contributed by atoms with E-state index < -0.39 is 0 Å². The number of hydrogen-bond donors (Lipinski definition) is 1. The predicted octanol–water partition coefficient (Wildman–Crippen LogP) is 3.73. The molecular weight excluding hydrogens is 254 g/mol. The summed E-state index contributed by atoms with van der Waals surface area (Å²) in [6.45, 7) is 0. The molecular formula is C16H19NOS. The van der Waals surface area contributed by atoms with Crippen molar-refractivity contribution < 1.29 is 4.74 Å². The third-order valence-electron chi connectivity index (χ3n) is 3.19. The minimum absolute atomic E-state index is 0.210. The lowest BCUT2D eigenvalue weighted by molar-refractivity contribution is 0.414. The molecule has 0 fully saturated rings. The van der Waals surface area contributed by atoms with Crippen molar-refractivity contribution >= 4 is 11.8 Å². The number of rotatable bonds is 5. The van der Waals surface area contributed by atoms with Gasteiger partial charge in [0.2, 0.25) is 0 Å². The maximum Gasteiger partial charge on any atom is 0.118 e. The molecule has 2 nitrogen and oxygen atoms in total. The van der Waals surface area contributed by atoms with Crippen LogP contribution in [0.4, 0.5) is 0 Å². The lowest BCUT2D eigenvalue weighted by Crippen LogP contribution is -2.17. The van der Waals surface area contributed by atoms with Crippen LogP contribution in [0.15, 0.2) is 53.4 Å². The van der Waals surface area contributed by atoms with Gasteiger partial charge in [-0.25, -0.2) is 0 Å². The molecule has 2 rings (SSSR count). The van der Waals surface area contributed by atoms with E-state index in [0.29, 0.717) is 0 Å². The molecule has 0 saturated heterocycles. The Morgan fingerprint density at radius 1 is 0.947 bits per heavy atom. The number of ether oxygens (including phenoxy) is 1. The third kappa shape index (κ3) is 3.31. The number of benzene rings is 2. The Balaban J connectivity index is 2.26. The minimum atomic E-state index is 0.210. The average Bonchev–Trinajstić information content (AvgIpc) is 2.49. The second-order valence-corrected chi connectivity index (χ2v) is 5.15. The Bertz CT molecular complexity index is 460. The molecule has 0 aliphatic heterocycles. The molecule has 0 amide bonds. The summed E-state index contributed by atoms with van der Waals surface area (Å²) in [5.74, 6) is 0.885. The second kappa shape index (κ2) is 6.64. The normalized spacial score (nSPS) is 12.2. The van der Waals surface area contributed by atoms with Gasteiger partial charge >= 0.3 is 0 Å². The van der Waals surface area contributed by atoms with Crippen LogP contribution in [0.25, 0.3) is 0 Å². The molecule has 0 saturated carbocycles. The van der Waals surface area contributed by atoms with E-state index in [1.54, 1.807) is 18.9 Å². The highest BCUT2D eigenvalue weighted by Crippen LogP contribution is 2.25. The van der Waals surface area contributed by atoms with Gasteiger partial charge in [-0.1, -0.05) is 24.3 Å². The van der Waals surface area contributed by atoms with Gasteiger partial charge in [0.05, 0.1) is 13.2 Å².